The third kappa shape index (κ3) is 3.65. The maximum Gasteiger partial charge on any atom is 0.126 e. The number of hydrogen-bond acceptors (Lipinski definition) is 2. The van der Waals surface area contributed by atoms with Gasteiger partial charge in [0.05, 0.1) is 6.04 Å². The molecule has 102 valence electrons. The summed E-state index contributed by atoms with van der Waals surface area (Å²) < 4.78 is 14.5. The number of nitrogens with one attached hydrogen (secondary N) is 1. The Morgan fingerprint density at radius 2 is 2.16 bits per heavy atom. The van der Waals surface area contributed by atoms with Gasteiger partial charge in [-0.25, -0.2) is 4.39 Å². The maximum atomic E-state index is 13.4. The summed E-state index contributed by atoms with van der Waals surface area (Å²) in [5.41, 5.74) is 1.80. The Morgan fingerprint density at radius 3 is 2.74 bits per heavy atom. The molecule has 1 atom stereocenters. The molecule has 0 aliphatic carbocycles. The van der Waals surface area contributed by atoms with Crippen LogP contribution in [-0.4, -0.2) is 6.54 Å². The molecule has 0 amide bonds. The molecule has 1 aromatic heterocycles. The van der Waals surface area contributed by atoms with Crippen LogP contribution in [-0.2, 0) is 0 Å². The summed E-state index contributed by atoms with van der Waals surface area (Å²) in [6, 6.07) is 7.60. The molecule has 0 saturated carbocycles. The Hall–Kier alpha value is -0.710. The predicted octanol–water partition coefficient (Wildman–Crippen LogP) is 5.05. The van der Waals surface area contributed by atoms with Gasteiger partial charge in [-0.1, -0.05) is 19.1 Å². The first-order chi connectivity index (χ1) is 9.11. The lowest BCUT2D eigenvalue weighted by Gasteiger charge is -2.18. The fourth-order valence-electron chi connectivity index (χ4n) is 2.00. The number of thiophene rings is 1. The van der Waals surface area contributed by atoms with E-state index >= 15 is 0 Å². The monoisotopic (exact) mass is 341 g/mol. The molecule has 1 nitrogen and oxygen atoms in total. The molecule has 19 heavy (non-hydrogen) atoms. The predicted molar refractivity (Wildman–Crippen MR) is 83.3 cm³/mol. The van der Waals surface area contributed by atoms with Crippen molar-refractivity contribution in [3.8, 4) is 0 Å². The van der Waals surface area contributed by atoms with Crippen LogP contribution in [0.15, 0.2) is 34.1 Å². The van der Waals surface area contributed by atoms with Gasteiger partial charge in [-0.05, 0) is 59.1 Å². The average molecular weight is 342 g/mol. The van der Waals surface area contributed by atoms with Gasteiger partial charge >= 0.3 is 0 Å². The second kappa shape index (κ2) is 6.64. The first kappa shape index (κ1) is 14.7. The molecule has 0 aliphatic rings. The molecular formula is C15H17BrFNS. The van der Waals surface area contributed by atoms with Crippen molar-refractivity contribution in [3.63, 3.8) is 0 Å². The van der Waals surface area contributed by atoms with Gasteiger partial charge in [0.25, 0.3) is 0 Å². The highest BCUT2D eigenvalue weighted by molar-refractivity contribution is 9.10. The SMILES string of the molecule is CCCNC(c1ccc(F)c(C)c1)c1cc(Br)cs1. The number of hydrogen-bond donors (Lipinski definition) is 1. The Morgan fingerprint density at radius 1 is 1.37 bits per heavy atom. The summed E-state index contributed by atoms with van der Waals surface area (Å²) in [4.78, 5) is 1.24. The van der Waals surface area contributed by atoms with Crippen molar-refractivity contribution in [1.29, 1.82) is 0 Å². The minimum Gasteiger partial charge on any atom is -0.306 e. The average Bonchev–Trinajstić information content (AvgIpc) is 2.80. The Balaban J connectivity index is 2.33. The van der Waals surface area contributed by atoms with E-state index in [9.17, 15) is 4.39 Å². The van der Waals surface area contributed by atoms with Gasteiger partial charge in [-0.2, -0.15) is 0 Å². The van der Waals surface area contributed by atoms with Gasteiger partial charge in [-0.3, -0.25) is 0 Å². The molecule has 1 unspecified atom stereocenters. The lowest BCUT2D eigenvalue weighted by Crippen LogP contribution is -2.22. The molecule has 0 radical (unpaired) electrons. The van der Waals surface area contributed by atoms with E-state index in [1.165, 1.54) is 4.88 Å². The first-order valence-corrected chi connectivity index (χ1v) is 8.02. The first-order valence-electron chi connectivity index (χ1n) is 6.35. The smallest absolute Gasteiger partial charge is 0.126 e. The minimum atomic E-state index is -0.148. The van der Waals surface area contributed by atoms with E-state index in [-0.39, 0.29) is 11.9 Å². The third-order valence-electron chi connectivity index (χ3n) is 2.99. The summed E-state index contributed by atoms with van der Waals surface area (Å²) in [6.07, 6.45) is 1.07. The van der Waals surface area contributed by atoms with Gasteiger partial charge < -0.3 is 5.32 Å². The molecular weight excluding hydrogens is 325 g/mol. The molecule has 0 bridgehead atoms. The molecule has 1 aromatic carbocycles. The summed E-state index contributed by atoms with van der Waals surface area (Å²) in [5, 5.41) is 5.60. The quantitative estimate of drug-likeness (QED) is 0.802. The molecule has 2 aromatic rings. The standard InChI is InChI=1S/C15H17BrFNS/c1-3-6-18-15(14-8-12(16)9-19-14)11-4-5-13(17)10(2)7-11/h4-5,7-9,15,18H,3,6H2,1-2H3. The van der Waals surface area contributed by atoms with Gasteiger partial charge in [0.1, 0.15) is 5.82 Å². The largest absolute Gasteiger partial charge is 0.306 e. The van der Waals surface area contributed by atoms with Crippen LogP contribution >= 0.6 is 27.3 Å². The van der Waals surface area contributed by atoms with Crippen LogP contribution in [0.25, 0.3) is 0 Å². The van der Waals surface area contributed by atoms with Crippen LogP contribution in [0.4, 0.5) is 4.39 Å². The van der Waals surface area contributed by atoms with E-state index < -0.39 is 0 Å². The number of benzene rings is 1. The number of halogens is 2. The fourth-order valence-corrected chi connectivity index (χ4v) is 3.54. The van der Waals surface area contributed by atoms with Crippen LogP contribution in [0.3, 0.4) is 0 Å². The van der Waals surface area contributed by atoms with Gasteiger partial charge in [0.15, 0.2) is 0 Å². The van der Waals surface area contributed by atoms with E-state index in [0.29, 0.717) is 5.56 Å². The zero-order valence-corrected chi connectivity index (χ0v) is 13.4. The van der Waals surface area contributed by atoms with Crippen molar-refractivity contribution in [1.82, 2.24) is 5.32 Å². The number of aryl methyl sites for hydroxylation is 1. The van der Waals surface area contributed by atoms with Crippen molar-refractivity contribution in [2.24, 2.45) is 0 Å². The van der Waals surface area contributed by atoms with E-state index in [1.807, 2.05) is 12.1 Å². The summed E-state index contributed by atoms with van der Waals surface area (Å²) in [5.74, 6) is -0.148. The maximum absolute atomic E-state index is 13.4. The normalized spacial score (nSPS) is 12.6. The highest BCUT2D eigenvalue weighted by Gasteiger charge is 2.16. The van der Waals surface area contributed by atoms with Crippen LogP contribution in [0.1, 0.15) is 35.4 Å². The Bertz CT molecular complexity index is 553. The zero-order valence-electron chi connectivity index (χ0n) is 11.0. The van der Waals surface area contributed by atoms with Crippen molar-refractivity contribution in [2.75, 3.05) is 6.54 Å². The van der Waals surface area contributed by atoms with Crippen LogP contribution < -0.4 is 5.32 Å². The second-order valence-electron chi connectivity index (χ2n) is 4.56. The van der Waals surface area contributed by atoms with Crippen molar-refractivity contribution < 1.29 is 4.39 Å². The Kier molecular flexibility index (Phi) is 5.13. The molecule has 0 fully saturated rings. The summed E-state index contributed by atoms with van der Waals surface area (Å²) >= 11 is 5.20. The lowest BCUT2D eigenvalue weighted by molar-refractivity contribution is 0.595. The van der Waals surface area contributed by atoms with Crippen molar-refractivity contribution >= 4 is 27.3 Å². The lowest BCUT2D eigenvalue weighted by atomic mass is 10.0. The molecule has 0 aliphatic heterocycles. The topological polar surface area (TPSA) is 12.0 Å². The van der Waals surface area contributed by atoms with Gasteiger partial charge in [0.2, 0.25) is 0 Å². The molecule has 0 saturated heterocycles. The second-order valence-corrected chi connectivity index (χ2v) is 6.42. The molecule has 2 rings (SSSR count). The fraction of sp³-hybridized carbons (Fsp3) is 0.333. The highest BCUT2D eigenvalue weighted by Crippen LogP contribution is 2.30. The minimum absolute atomic E-state index is 0.135. The highest BCUT2D eigenvalue weighted by atomic mass is 79.9. The van der Waals surface area contributed by atoms with Gasteiger partial charge in [0, 0.05) is 14.7 Å². The summed E-state index contributed by atoms with van der Waals surface area (Å²) in [6.45, 7) is 4.89. The molecule has 1 heterocycles. The zero-order chi connectivity index (χ0) is 13.8. The van der Waals surface area contributed by atoms with Crippen molar-refractivity contribution in [3.05, 3.63) is 55.9 Å². The van der Waals surface area contributed by atoms with E-state index in [2.05, 4.69) is 39.6 Å². The van der Waals surface area contributed by atoms with Crippen molar-refractivity contribution in [2.45, 2.75) is 26.3 Å². The van der Waals surface area contributed by atoms with Crippen LogP contribution in [0, 0.1) is 12.7 Å². The Labute approximate surface area is 126 Å². The van der Waals surface area contributed by atoms with E-state index in [4.69, 9.17) is 0 Å². The van der Waals surface area contributed by atoms with Crippen LogP contribution in [0.5, 0.6) is 0 Å². The molecule has 0 spiro atoms. The number of rotatable bonds is 5. The van der Waals surface area contributed by atoms with E-state index in [1.54, 1.807) is 24.3 Å². The van der Waals surface area contributed by atoms with E-state index in [0.717, 1.165) is 23.0 Å². The molecule has 4 heteroatoms. The third-order valence-corrected chi connectivity index (χ3v) is 4.74. The summed E-state index contributed by atoms with van der Waals surface area (Å²) in [7, 11) is 0. The molecule has 1 N–H and O–H groups in total. The van der Waals surface area contributed by atoms with Crippen LogP contribution in [0.2, 0.25) is 0 Å². The van der Waals surface area contributed by atoms with Gasteiger partial charge in [-0.15, -0.1) is 11.3 Å².